The fourth-order valence-corrected chi connectivity index (χ4v) is 1.41. The fourth-order valence-electron chi connectivity index (χ4n) is 1.41. The number of aliphatic hydroxyl groups excluding tert-OH is 1. The molecule has 86 valence electrons. The lowest BCUT2D eigenvalue weighted by Gasteiger charge is -2.14. The maximum atomic E-state index is 13.2. The highest BCUT2D eigenvalue weighted by Gasteiger charge is 2.28. The number of halogens is 1. The van der Waals surface area contributed by atoms with Crippen LogP contribution in [0.5, 0.6) is 0 Å². The molecule has 0 saturated heterocycles. The van der Waals surface area contributed by atoms with E-state index in [-0.39, 0.29) is 5.82 Å². The van der Waals surface area contributed by atoms with Crippen LogP contribution in [0.15, 0.2) is 29.0 Å². The zero-order chi connectivity index (χ0) is 11.7. The van der Waals surface area contributed by atoms with Crippen LogP contribution in [0, 0.1) is 0 Å². The summed E-state index contributed by atoms with van der Waals surface area (Å²) in [6.07, 6.45) is 0.561. The van der Waals surface area contributed by atoms with Crippen molar-refractivity contribution in [3.8, 4) is 0 Å². The fraction of sp³-hybridized carbons (Fsp3) is 0.333. The third-order valence-corrected chi connectivity index (χ3v) is 2.20. The van der Waals surface area contributed by atoms with Crippen molar-refractivity contribution >= 4 is 5.82 Å². The molecule has 0 aromatic carbocycles. The maximum Gasteiger partial charge on any atom is 0.351 e. The number of hydrogen-bond donors (Lipinski definition) is 2. The molecule has 1 aliphatic heterocycles. The summed E-state index contributed by atoms with van der Waals surface area (Å²) >= 11 is 0. The van der Waals surface area contributed by atoms with Crippen LogP contribution in [0.1, 0.15) is 6.23 Å². The summed E-state index contributed by atoms with van der Waals surface area (Å²) in [5.41, 5.74) is 4.68. The van der Waals surface area contributed by atoms with Gasteiger partial charge in [-0.05, 0) is 12.1 Å². The van der Waals surface area contributed by atoms with Gasteiger partial charge < -0.3 is 15.6 Å². The Balaban J connectivity index is 2.31. The Morgan fingerprint density at radius 3 is 3.00 bits per heavy atom. The number of hydrogen-bond acceptors (Lipinski definition) is 5. The predicted octanol–water partition coefficient (Wildman–Crippen LogP) is -0.431. The molecule has 2 unspecified atom stereocenters. The van der Waals surface area contributed by atoms with Crippen LogP contribution in [0.2, 0.25) is 0 Å². The lowest BCUT2D eigenvalue weighted by Crippen LogP contribution is -2.28. The van der Waals surface area contributed by atoms with Gasteiger partial charge >= 0.3 is 5.69 Å². The first-order valence-electron chi connectivity index (χ1n) is 4.60. The molecule has 2 atom stereocenters. The van der Waals surface area contributed by atoms with Crippen molar-refractivity contribution in [2.75, 3.05) is 12.3 Å². The van der Waals surface area contributed by atoms with Gasteiger partial charge in [-0.3, -0.25) is 4.57 Å². The van der Waals surface area contributed by atoms with E-state index in [0.717, 1.165) is 10.6 Å². The average molecular weight is 227 g/mol. The molecule has 1 aliphatic rings. The molecule has 0 saturated carbocycles. The minimum Gasteiger partial charge on any atom is -0.393 e. The number of anilines is 1. The van der Waals surface area contributed by atoms with Gasteiger partial charge in [-0.1, -0.05) is 0 Å². The second kappa shape index (κ2) is 4.03. The van der Waals surface area contributed by atoms with E-state index in [1.165, 1.54) is 12.3 Å². The molecule has 0 radical (unpaired) electrons. The van der Waals surface area contributed by atoms with Gasteiger partial charge in [0.15, 0.2) is 6.23 Å². The van der Waals surface area contributed by atoms with Crippen LogP contribution in [0.3, 0.4) is 0 Å². The van der Waals surface area contributed by atoms with Crippen molar-refractivity contribution in [1.82, 2.24) is 9.55 Å². The molecule has 1 aromatic rings. The van der Waals surface area contributed by atoms with E-state index in [9.17, 15) is 9.18 Å². The lowest BCUT2D eigenvalue weighted by molar-refractivity contribution is -0.0198. The van der Waals surface area contributed by atoms with Gasteiger partial charge in [0.05, 0.1) is 6.61 Å². The Bertz CT molecular complexity index is 485. The van der Waals surface area contributed by atoms with Crippen LogP contribution in [0.25, 0.3) is 0 Å². The maximum absolute atomic E-state index is 13.2. The first-order valence-corrected chi connectivity index (χ1v) is 4.60. The summed E-state index contributed by atoms with van der Waals surface area (Å²) in [6.45, 7) is -0.476. The third-order valence-electron chi connectivity index (χ3n) is 2.20. The highest BCUT2D eigenvalue weighted by atomic mass is 19.1. The van der Waals surface area contributed by atoms with Gasteiger partial charge in [-0.15, -0.1) is 0 Å². The minimum atomic E-state index is -1.02. The van der Waals surface area contributed by atoms with Crippen molar-refractivity contribution in [3.63, 3.8) is 0 Å². The Kier molecular flexibility index (Phi) is 2.71. The molecule has 6 nitrogen and oxygen atoms in total. The Labute approximate surface area is 89.8 Å². The number of aliphatic hydroxyl groups is 1. The van der Waals surface area contributed by atoms with Crippen LogP contribution < -0.4 is 11.4 Å². The van der Waals surface area contributed by atoms with Gasteiger partial charge in [0.1, 0.15) is 17.7 Å². The standard InChI is InChI=1S/C9H10FN3O3/c10-5-3-8(16-6(5)4-14)13-2-1-7(11)12-9(13)15/h1-3,6,8,14H,4H2,(H2,11,12,15). The molecule has 0 fully saturated rings. The first-order chi connectivity index (χ1) is 7.61. The number of nitrogens with two attached hydrogens (primary N) is 1. The molecule has 0 aliphatic carbocycles. The summed E-state index contributed by atoms with van der Waals surface area (Å²) in [6, 6.07) is 1.41. The van der Waals surface area contributed by atoms with Crippen LogP contribution >= 0.6 is 0 Å². The molecule has 16 heavy (non-hydrogen) atoms. The van der Waals surface area contributed by atoms with Gasteiger partial charge in [-0.2, -0.15) is 4.98 Å². The Morgan fingerprint density at radius 1 is 1.69 bits per heavy atom. The molecule has 0 bridgehead atoms. The molecular weight excluding hydrogens is 217 g/mol. The van der Waals surface area contributed by atoms with Crippen molar-refractivity contribution in [2.24, 2.45) is 0 Å². The normalized spacial score (nSPS) is 24.5. The number of nitrogen functional groups attached to an aromatic ring is 1. The Morgan fingerprint density at radius 2 is 2.44 bits per heavy atom. The topological polar surface area (TPSA) is 90.4 Å². The first kappa shape index (κ1) is 10.8. The predicted molar refractivity (Wildman–Crippen MR) is 53.1 cm³/mol. The SMILES string of the molecule is Nc1ccn(C2C=C(F)C(CO)O2)c(=O)n1. The third kappa shape index (κ3) is 1.82. The number of rotatable bonds is 2. The van der Waals surface area contributed by atoms with E-state index in [0.29, 0.717) is 0 Å². The van der Waals surface area contributed by atoms with Crippen molar-refractivity contribution < 1.29 is 14.2 Å². The molecule has 2 rings (SSSR count). The quantitative estimate of drug-likeness (QED) is 0.715. The van der Waals surface area contributed by atoms with E-state index < -0.39 is 30.5 Å². The molecule has 0 amide bonds. The average Bonchev–Trinajstić information content (AvgIpc) is 2.59. The van der Waals surface area contributed by atoms with Crippen molar-refractivity contribution in [3.05, 3.63) is 34.7 Å². The summed E-state index contributed by atoms with van der Waals surface area (Å²) in [7, 11) is 0. The van der Waals surface area contributed by atoms with Gasteiger partial charge in [0.25, 0.3) is 0 Å². The van der Waals surface area contributed by atoms with Crippen molar-refractivity contribution in [1.29, 1.82) is 0 Å². The summed E-state index contributed by atoms with van der Waals surface area (Å²) in [5.74, 6) is -0.515. The highest BCUT2D eigenvalue weighted by Crippen LogP contribution is 2.26. The van der Waals surface area contributed by atoms with Crippen molar-refractivity contribution in [2.45, 2.75) is 12.3 Å². The van der Waals surface area contributed by atoms with E-state index in [4.69, 9.17) is 15.6 Å². The number of ether oxygens (including phenoxy) is 1. The van der Waals surface area contributed by atoms with Gasteiger partial charge in [0, 0.05) is 6.20 Å². The molecular formula is C9H10FN3O3. The smallest absolute Gasteiger partial charge is 0.351 e. The zero-order valence-electron chi connectivity index (χ0n) is 8.21. The minimum absolute atomic E-state index is 0.0856. The number of nitrogens with zero attached hydrogens (tertiary/aromatic N) is 2. The van der Waals surface area contributed by atoms with Crippen LogP contribution in [-0.2, 0) is 4.74 Å². The zero-order valence-corrected chi connectivity index (χ0v) is 8.21. The van der Waals surface area contributed by atoms with Gasteiger partial charge in [0.2, 0.25) is 0 Å². The van der Waals surface area contributed by atoms with Crippen LogP contribution in [0.4, 0.5) is 10.2 Å². The summed E-state index contributed by atoms with van der Waals surface area (Å²) in [4.78, 5) is 14.9. The molecule has 7 heteroatoms. The van der Waals surface area contributed by atoms with E-state index >= 15 is 0 Å². The summed E-state index contributed by atoms with van der Waals surface area (Å²) < 4.78 is 19.3. The number of aromatic nitrogens is 2. The molecule has 1 aromatic heterocycles. The van der Waals surface area contributed by atoms with E-state index in [1.54, 1.807) is 0 Å². The largest absolute Gasteiger partial charge is 0.393 e. The Hall–Kier alpha value is -1.73. The molecule has 0 spiro atoms. The van der Waals surface area contributed by atoms with E-state index in [2.05, 4.69) is 4.98 Å². The molecule has 3 N–H and O–H groups in total. The second-order valence-electron chi connectivity index (χ2n) is 3.29. The monoisotopic (exact) mass is 227 g/mol. The summed E-state index contributed by atoms with van der Waals surface area (Å²) in [5, 5.41) is 8.79. The van der Waals surface area contributed by atoms with Crippen LogP contribution in [-0.4, -0.2) is 27.4 Å². The highest BCUT2D eigenvalue weighted by molar-refractivity contribution is 5.24. The molecule has 2 heterocycles. The lowest BCUT2D eigenvalue weighted by atomic mass is 10.3. The van der Waals surface area contributed by atoms with E-state index in [1.807, 2.05) is 0 Å². The van der Waals surface area contributed by atoms with Gasteiger partial charge in [-0.25, -0.2) is 9.18 Å². The second-order valence-corrected chi connectivity index (χ2v) is 3.29.